The van der Waals surface area contributed by atoms with Gasteiger partial charge in [-0.15, -0.1) is 0 Å². The molecule has 7 nitrogen and oxygen atoms in total. The Morgan fingerprint density at radius 1 is 1.14 bits per heavy atom. The summed E-state index contributed by atoms with van der Waals surface area (Å²) in [4.78, 5) is 24.8. The third-order valence-electron chi connectivity index (χ3n) is 6.78. The van der Waals surface area contributed by atoms with Crippen LogP contribution >= 0.6 is 0 Å². The Balaban J connectivity index is 1.92. The predicted octanol–water partition coefficient (Wildman–Crippen LogP) is 5.08. The van der Waals surface area contributed by atoms with E-state index in [2.05, 4.69) is 19.2 Å². The molecule has 2 atom stereocenters. The zero-order chi connectivity index (χ0) is 27.3. The van der Waals surface area contributed by atoms with Crippen LogP contribution in [0.4, 0.5) is 5.69 Å². The van der Waals surface area contributed by atoms with E-state index in [1.54, 1.807) is 19.1 Å². The number of fused-ring (bicyclic) bond motifs is 1. The van der Waals surface area contributed by atoms with Gasteiger partial charge in [-0.2, -0.15) is 0 Å². The third-order valence-corrected chi connectivity index (χ3v) is 6.78. The van der Waals surface area contributed by atoms with Crippen molar-refractivity contribution in [3.05, 3.63) is 58.1 Å². The van der Waals surface area contributed by atoms with Crippen LogP contribution in [-0.2, 0) is 22.4 Å². The molecular formula is C30H41NO6. The van der Waals surface area contributed by atoms with Crippen molar-refractivity contribution in [2.45, 2.75) is 97.4 Å². The highest BCUT2D eigenvalue weighted by molar-refractivity contribution is 6.05. The summed E-state index contributed by atoms with van der Waals surface area (Å²) < 4.78 is 11.3. The topological polar surface area (TPSA) is 105 Å². The summed E-state index contributed by atoms with van der Waals surface area (Å²) >= 11 is 0. The first-order chi connectivity index (χ1) is 17.4. The molecule has 2 aromatic rings. The SMILES string of the molecule is CCOC(=O)CC(O)CC(O)CCc1c2c(c(C)c(NC(=O)c3ccccc3)c1C(C)C)CC(C)(C)O2. The minimum Gasteiger partial charge on any atom is -0.487 e. The molecular weight excluding hydrogens is 470 g/mol. The van der Waals surface area contributed by atoms with Crippen LogP contribution in [0.1, 0.15) is 92.4 Å². The molecule has 7 heteroatoms. The zero-order valence-electron chi connectivity index (χ0n) is 22.9. The summed E-state index contributed by atoms with van der Waals surface area (Å²) in [7, 11) is 0. The number of amides is 1. The number of benzene rings is 2. The van der Waals surface area contributed by atoms with E-state index in [4.69, 9.17) is 9.47 Å². The van der Waals surface area contributed by atoms with E-state index in [0.29, 0.717) is 24.8 Å². The van der Waals surface area contributed by atoms with E-state index >= 15 is 0 Å². The number of esters is 1. The molecule has 0 fully saturated rings. The molecule has 1 aliphatic rings. The highest BCUT2D eigenvalue weighted by Gasteiger charge is 2.37. The van der Waals surface area contributed by atoms with Crippen molar-refractivity contribution in [2.75, 3.05) is 11.9 Å². The first-order valence-corrected chi connectivity index (χ1v) is 13.2. The second-order valence-corrected chi connectivity index (χ2v) is 10.8. The maximum atomic E-state index is 13.2. The number of carbonyl (C=O) groups is 2. The third kappa shape index (κ3) is 7.11. The van der Waals surface area contributed by atoms with Crippen LogP contribution in [0.2, 0.25) is 0 Å². The number of nitrogens with one attached hydrogen (secondary N) is 1. The van der Waals surface area contributed by atoms with Crippen LogP contribution in [-0.4, -0.2) is 46.5 Å². The summed E-state index contributed by atoms with van der Waals surface area (Å²) in [6.45, 7) is 12.3. The molecule has 0 saturated heterocycles. The number of aliphatic hydroxyl groups is 2. The quantitative estimate of drug-likeness (QED) is 0.363. The lowest BCUT2D eigenvalue weighted by molar-refractivity contribution is -0.145. The summed E-state index contributed by atoms with van der Waals surface area (Å²) in [5.41, 5.74) is 5.05. The molecule has 37 heavy (non-hydrogen) atoms. The van der Waals surface area contributed by atoms with Gasteiger partial charge >= 0.3 is 5.97 Å². The van der Waals surface area contributed by atoms with E-state index in [0.717, 1.165) is 33.7 Å². The Hall–Kier alpha value is -2.90. The first-order valence-electron chi connectivity index (χ1n) is 13.2. The van der Waals surface area contributed by atoms with E-state index in [9.17, 15) is 19.8 Å². The second-order valence-electron chi connectivity index (χ2n) is 10.8. The molecule has 202 valence electrons. The number of aliphatic hydroxyl groups excluding tert-OH is 2. The fraction of sp³-hybridized carbons (Fsp3) is 0.533. The van der Waals surface area contributed by atoms with Crippen LogP contribution in [0.5, 0.6) is 5.75 Å². The minimum atomic E-state index is -0.974. The van der Waals surface area contributed by atoms with E-state index in [1.165, 1.54) is 0 Å². The van der Waals surface area contributed by atoms with Gasteiger partial charge in [0.05, 0.1) is 25.2 Å². The molecule has 2 unspecified atom stereocenters. The number of anilines is 1. The summed E-state index contributed by atoms with van der Waals surface area (Å²) in [6, 6.07) is 9.14. The van der Waals surface area contributed by atoms with Crippen molar-refractivity contribution >= 4 is 17.6 Å². The van der Waals surface area contributed by atoms with Gasteiger partial charge in [-0.1, -0.05) is 32.0 Å². The minimum absolute atomic E-state index is 0.0772. The highest BCUT2D eigenvalue weighted by Crippen LogP contribution is 2.47. The normalized spacial score (nSPS) is 15.6. The van der Waals surface area contributed by atoms with Crippen molar-refractivity contribution in [3.8, 4) is 5.75 Å². The molecule has 0 saturated carbocycles. The maximum absolute atomic E-state index is 13.2. The molecule has 0 spiro atoms. The molecule has 0 aliphatic carbocycles. The lowest BCUT2D eigenvalue weighted by Crippen LogP contribution is -2.25. The lowest BCUT2D eigenvalue weighted by Gasteiger charge is -2.25. The van der Waals surface area contributed by atoms with Crippen molar-refractivity contribution in [1.82, 2.24) is 0 Å². The van der Waals surface area contributed by atoms with Crippen LogP contribution in [0, 0.1) is 6.92 Å². The molecule has 3 rings (SSSR count). The fourth-order valence-electron chi connectivity index (χ4n) is 5.11. The van der Waals surface area contributed by atoms with E-state index < -0.39 is 18.2 Å². The van der Waals surface area contributed by atoms with Crippen LogP contribution < -0.4 is 10.1 Å². The second kappa shape index (κ2) is 12.1. The number of ether oxygens (including phenoxy) is 2. The molecule has 1 heterocycles. The van der Waals surface area contributed by atoms with Gasteiger partial charge in [0.15, 0.2) is 0 Å². The smallest absolute Gasteiger partial charge is 0.308 e. The van der Waals surface area contributed by atoms with Crippen molar-refractivity contribution in [1.29, 1.82) is 0 Å². The van der Waals surface area contributed by atoms with Gasteiger partial charge in [-0.3, -0.25) is 9.59 Å². The van der Waals surface area contributed by atoms with Crippen LogP contribution in [0.3, 0.4) is 0 Å². The predicted molar refractivity (Wildman–Crippen MR) is 144 cm³/mol. The van der Waals surface area contributed by atoms with Gasteiger partial charge in [0.1, 0.15) is 11.4 Å². The van der Waals surface area contributed by atoms with Crippen molar-refractivity contribution in [3.63, 3.8) is 0 Å². The van der Waals surface area contributed by atoms with Gasteiger partial charge in [-0.05, 0) is 76.1 Å². The average molecular weight is 512 g/mol. The number of hydrogen-bond acceptors (Lipinski definition) is 6. The largest absolute Gasteiger partial charge is 0.487 e. The summed E-state index contributed by atoms with van der Waals surface area (Å²) in [5.74, 6) is 0.277. The Kier molecular flexibility index (Phi) is 9.37. The first kappa shape index (κ1) is 28.7. The van der Waals surface area contributed by atoms with E-state index in [-0.39, 0.29) is 36.9 Å². The Labute approximate surface area is 220 Å². The average Bonchev–Trinajstić information content (AvgIpc) is 3.15. The highest BCUT2D eigenvalue weighted by atomic mass is 16.5. The Morgan fingerprint density at radius 3 is 2.43 bits per heavy atom. The molecule has 0 radical (unpaired) electrons. The summed E-state index contributed by atoms with van der Waals surface area (Å²) in [5, 5.41) is 24.1. The molecule has 3 N–H and O–H groups in total. The Morgan fingerprint density at radius 2 is 1.81 bits per heavy atom. The fourth-order valence-corrected chi connectivity index (χ4v) is 5.11. The van der Waals surface area contributed by atoms with Crippen LogP contribution in [0.15, 0.2) is 30.3 Å². The van der Waals surface area contributed by atoms with Gasteiger partial charge < -0.3 is 25.0 Å². The molecule has 0 bridgehead atoms. The van der Waals surface area contributed by atoms with Gasteiger partial charge in [0, 0.05) is 28.8 Å². The molecule has 1 amide bonds. The monoisotopic (exact) mass is 511 g/mol. The molecule has 1 aliphatic heterocycles. The Bertz CT molecular complexity index is 1110. The van der Waals surface area contributed by atoms with Crippen molar-refractivity contribution < 1.29 is 29.3 Å². The maximum Gasteiger partial charge on any atom is 0.308 e. The standard InChI is InChI=1S/C30H41NO6/c1-7-36-25(34)16-22(33)15-21(32)13-14-23-26(18(2)3)27(31-29(35)20-11-9-8-10-12-20)19(4)24-17-30(5,6)37-28(23)24/h8-12,18,21-22,32-33H,7,13-17H2,1-6H3,(H,31,35). The molecule has 2 aromatic carbocycles. The summed E-state index contributed by atoms with van der Waals surface area (Å²) in [6.07, 6.45) is -0.243. The number of hydrogen-bond donors (Lipinski definition) is 3. The molecule has 0 aromatic heterocycles. The van der Waals surface area contributed by atoms with Crippen LogP contribution in [0.25, 0.3) is 0 Å². The number of carbonyl (C=O) groups excluding carboxylic acids is 2. The van der Waals surface area contributed by atoms with Gasteiger partial charge in [0.2, 0.25) is 0 Å². The van der Waals surface area contributed by atoms with Gasteiger partial charge in [0.25, 0.3) is 5.91 Å². The number of rotatable bonds is 11. The van der Waals surface area contributed by atoms with Crippen molar-refractivity contribution in [2.24, 2.45) is 0 Å². The van der Waals surface area contributed by atoms with E-state index in [1.807, 2.05) is 39.0 Å². The zero-order valence-corrected chi connectivity index (χ0v) is 22.9. The van der Waals surface area contributed by atoms with Gasteiger partial charge in [-0.25, -0.2) is 0 Å². The lowest BCUT2D eigenvalue weighted by atomic mass is 9.85.